The topological polar surface area (TPSA) is 21.3 Å². The fraction of sp³-hybridized carbons (Fsp3) is 0.294. The molecule has 100 valence electrons. The molecule has 2 nitrogen and oxygen atoms in total. The summed E-state index contributed by atoms with van der Waals surface area (Å²) >= 11 is 0. The molecule has 2 aromatic carbocycles. The van der Waals surface area contributed by atoms with Crippen LogP contribution in [0.4, 0.5) is 5.69 Å². The van der Waals surface area contributed by atoms with Crippen LogP contribution < -0.4 is 10.1 Å². The van der Waals surface area contributed by atoms with E-state index < -0.39 is 0 Å². The van der Waals surface area contributed by atoms with Crippen molar-refractivity contribution in [3.8, 4) is 5.75 Å². The van der Waals surface area contributed by atoms with E-state index in [-0.39, 0.29) is 0 Å². The minimum atomic E-state index is 0.777. The summed E-state index contributed by atoms with van der Waals surface area (Å²) in [6, 6.07) is 18.5. The Hall–Kier alpha value is -1.96. The Labute approximate surface area is 115 Å². The van der Waals surface area contributed by atoms with Crippen molar-refractivity contribution in [3.05, 3.63) is 60.2 Å². The van der Waals surface area contributed by atoms with Crippen LogP contribution in [0.5, 0.6) is 5.75 Å². The third-order valence-electron chi connectivity index (χ3n) is 2.96. The third-order valence-corrected chi connectivity index (χ3v) is 2.96. The number of rotatable bonds is 7. The number of para-hydroxylation sites is 1. The molecule has 0 saturated heterocycles. The quantitative estimate of drug-likeness (QED) is 0.746. The lowest BCUT2D eigenvalue weighted by molar-refractivity contribution is 0.308. The molecule has 0 heterocycles. The van der Waals surface area contributed by atoms with Gasteiger partial charge in [0.1, 0.15) is 5.75 Å². The van der Waals surface area contributed by atoms with Crippen LogP contribution in [0.2, 0.25) is 0 Å². The third kappa shape index (κ3) is 5.04. The Kier molecular flexibility index (Phi) is 5.30. The molecule has 0 bridgehead atoms. The summed E-state index contributed by atoms with van der Waals surface area (Å²) in [6.07, 6.45) is 2.18. The van der Waals surface area contributed by atoms with Crippen LogP contribution >= 0.6 is 0 Å². The van der Waals surface area contributed by atoms with E-state index in [0.717, 1.165) is 31.7 Å². The fourth-order valence-corrected chi connectivity index (χ4v) is 1.84. The van der Waals surface area contributed by atoms with Crippen molar-refractivity contribution in [1.29, 1.82) is 0 Å². The first-order valence-corrected chi connectivity index (χ1v) is 6.83. The highest BCUT2D eigenvalue weighted by molar-refractivity contribution is 5.42. The number of anilines is 1. The second-order valence-electron chi connectivity index (χ2n) is 4.66. The van der Waals surface area contributed by atoms with E-state index in [1.54, 1.807) is 0 Å². The van der Waals surface area contributed by atoms with Gasteiger partial charge in [-0.1, -0.05) is 35.9 Å². The zero-order valence-electron chi connectivity index (χ0n) is 11.4. The van der Waals surface area contributed by atoms with Crippen LogP contribution in [0.15, 0.2) is 54.6 Å². The second kappa shape index (κ2) is 7.47. The number of benzene rings is 2. The predicted molar refractivity (Wildman–Crippen MR) is 80.8 cm³/mol. The van der Waals surface area contributed by atoms with Crippen LogP contribution in [0.3, 0.4) is 0 Å². The molecule has 0 fully saturated rings. The predicted octanol–water partition coefficient (Wildman–Crippen LogP) is 4.27. The van der Waals surface area contributed by atoms with E-state index in [2.05, 4.69) is 36.5 Å². The van der Waals surface area contributed by atoms with Gasteiger partial charge in [0.2, 0.25) is 0 Å². The van der Waals surface area contributed by atoms with Gasteiger partial charge in [-0.2, -0.15) is 0 Å². The summed E-state index contributed by atoms with van der Waals surface area (Å²) in [6.45, 7) is 3.85. The first kappa shape index (κ1) is 13.5. The maximum absolute atomic E-state index is 5.69. The number of aryl methyl sites for hydroxylation is 1. The van der Waals surface area contributed by atoms with Crippen molar-refractivity contribution >= 4 is 5.69 Å². The second-order valence-corrected chi connectivity index (χ2v) is 4.66. The molecule has 0 amide bonds. The molecule has 2 rings (SSSR count). The number of nitrogens with one attached hydrogen (secondary N) is 1. The Bertz CT molecular complexity index is 464. The highest BCUT2D eigenvalue weighted by Crippen LogP contribution is 2.12. The van der Waals surface area contributed by atoms with Gasteiger partial charge < -0.3 is 10.1 Å². The lowest BCUT2D eigenvalue weighted by Crippen LogP contribution is -2.04. The molecule has 0 spiro atoms. The minimum Gasteiger partial charge on any atom is -0.494 e. The zero-order valence-corrected chi connectivity index (χ0v) is 11.4. The number of hydrogen-bond donors (Lipinski definition) is 1. The Morgan fingerprint density at radius 2 is 1.63 bits per heavy atom. The van der Waals surface area contributed by atoms with Gasteiger partial charge >= 0.3 is 0 Å². The molecular weight excluding hydrogens is 234 g/mol. The maximum atomic E-state index is 5.69. The molecule has 0 aliphatic heterocycles. The van der Waals surface area contributed by atoms with E-state index in [4.69, 9.17) is 4.74 Å². The van der Waals surface area contributed by atoms with Crippen LogP contribution in [-0.4, -0.2) is 13.2 Å². The monoisotopic (exact) mass is 255 g/mol. The van der Waals surface area contributed by atoms with E-state index in [1.807, 2.05) is 30.3 Å². The first-order valence-electron chi connectivity index (χ1n) is 6.83. The molecule has 2 heteroatoms. The van der Waals surface area contributed by atoms with Gasteiger partial charge in [-0.3, -0.25) is 0 Å². The maximum Gasteiger partial charge on any atom is 0.119 e. The van der Waals surface area contributed by atoms with Gasteiger partial charge in [-0.25, -0.2) is 0 Å². The van der Waals surface area contributed by atoms with E-state index in [9.17, 15) is 0 Å². The fourth-order valence-electron chi connectivity index (χ4n) is 1.84. The normalized spacial score (nSPS) is 10.2. The molecule has 0 saturated carbocycles. The van der Waals surface area contributed by atoms with Crippen LogP contribution in [0.25, 0.3) is 0 Å². The number of ether oxygens (including phenoxy) is 1. The minimum absolute atomic E-state index is 0.777. The number of hydrogen-bond acceptors (Lipinski definition) is 2. The summed E-state index contributed by atoms with van der Waals surface area (Å²) < 4.78 is 5.69. The van der Waals surface area contributed by atoms with Crippen molar-refractivity contribution in [2.75, 3.05) is 18.5 Å². The SMILES string of the molecule is Cc1ccc(OCCCCNc2ccccc2)cc1. The molecule has 0 aromatic heterocycles. The molecule has 0 atom stereocenters. The summed E-state index contributed by atoms with van der Waals surface area (Å²) in [7, 11) is 0. The van der Waals surface area contributed by atoms with Gasteiger partial charge in [0.05, 0.1) is 6.61 Å². The summed E-state index contributed by atoms with van der Waals surface area (Å²) in [5, 5.41) is 3.40. The lowest BCUT2D eigenvalue weighted by Gasteiger charge is -2.08. The van der Waals surface area contributed by atoms with Crippen molar-refractivity contribution in [2.24, 2.45) is 0 Å². The Morgan fingerprint density at radius 1 is 0.895 bits per heavy atom. The van der Waals surface area contributed by atoms with Gasteiger partial charge in [0.25, 0.3) is 0 Å². The van der Waals surface area contributed by atoms with Gasteiger partial charge in [0.15, 0.2) is 0 Å². The van der Waals surface area contributed by atoms with Crippen LogP contribution in [-0.2, 0) is 0 Å². The average molecular weight is 255 g/mol. The highest BCUT2D eigenvalue weighted by atomic mass is 16.5. The van der Waals surface area contributed by atoms with Crippen molar-refractivity contribution in [3.63, 3.8) is 0 Å². The molecular formula is C17H21NO. The zero-order chi connectivity index (χ0) is 13.3. The van der Waals surface area contributed by atoms with E-state index >= 15 is 0 Å². The van der Waals surface area contributed by atoms with Gasteiger partial charge in [-0.15, -0.1) is 0 Å². The summed E-state index contributed by atoms with van der Waals surface area (Å²) in [4.78, 5) is 0. The smallest absolute Gasteiger partial charge is 0.119 e. The van der Waals surface area contributed by atoms with Gasteiger partial charge in [0, 0.05) is 12.2 Å². The molecule has 1 N–H and O–H groups in total. The highest BCUT2D eigenvalue weighted by Gasteiger charge is 1.94. The first-order chi connectivity index (χ1) is 9.34. The van der Waals surface area contributed by atoms with Crippen LogP contribution in [0, 0.1) is 6.92 Å². The van der Waals surface area contributed by atoms with Crippen molar-refractivity contribution in [1.82, 2.24) is 0 Å². The standard InChI is InChI=1S/C17H21NO/c1-15-9-11-17(12-10-15)19-14-6-5-13-18-16-7-3-2-4-8-16/h2-4,7-12,18H,5-6,13-14H2,1H3. The van der Waals surface area contributed by atoms with Crippen molar-refractivity contribution in [2.45, 2.75) is 19.8 Å². The average Bonchev–Trinajstić information content (AvgIpc) is 2.46. The van der Waals surface area contributed by atoms with Crippen LogP contribution in [0.1, 0.15) is 18.4 Å². The molecule has 19 heavy (non-hydrogen) atoms. The number of unbranched alkanes of at least 4 members (excludes halogenated alkanes) is 1. The Morgan fingerprint density at radius 3 is 2.37 bits per heavy atom. The largest absolute Gasteiger partial charge is 0.494 e. The Balaban J connectivity index is 1.56. The molecule has 0 aliphatic carbocycles. The molecule has 0 unspecified atom stereocenters. The van der Waals surface area contributed by atoms with E-state index in [0.29, 0.717) is 0 Å². The lowest BCUT2D eigenvalue weighted by atomic mass is 10.2. The molecule has 2 aromatic rings. The summed E-state index contributed by atoms with van der Waals surface area (Å²) in [5.74, 6) is 0.960. The van der Waals surface area contributed by atoms with Gasteiger partial charge in [-0.05, 0) is 44.0 Å². The summed E-state index contributed by atoms with van der Waals surface area (Å²) in [5.41, 5.74) is 2.45. The van der Waals surface area contributed by atoms with Crippen molar-refractivity contribution < 1.29 is 4.74 Å². The molecule has 0 aliphatic rings. The van der Waals surface area contributed by atoms with E-state index in [1.165, 1.54) is 11.3 Å². The molecule has 0 radical (unpaired) electrons.